The Labute approximate surface area is 122 Å². The van der Waals surface area contributed by atoms with Crippen LogP contribution in [0.5, 0.6) is 5.75 Å². The van der Waals surface area contributed by atoms with Crippen molar-refractivity contribution in [1.82, 2.24) is 9.55 Å². The molecular weight excluding hydrogens is 298 g/mol. The van der Waals surface area contributed by atoms with Gasteiger partial charge in [0.05, 0.1) is 18.3 Å². The number of hydrogen-bond acceptors (Lipinski definition) is 4. The molecule has 21 heavy (non-hydrogen) atoms. The van der Waals surface area contributed by atoms with Crippen LogP contribution in [-0.4, -0.2) is 16.2 Å². The Balaban J connectivity index is 1.91. The molecule has 0 aliphatic carbocycles. The van der Waals surface area contributed by atoms with Crippen LogP contribution in [0.1, 0.15) is 5.56 Å². The summed E-state index contributed by atoms with van der Waals surface area (Å²) in [6.07, 6.45) is 1.46. The molecule has 0 aliphatic heterocycles. The van der Waals surface area contributed by atoms with Crippen LogP contribution in [0.25, 0.3) is 10.2 Å². The molecule has 2 heterocycles. The summed E-state index contributed by atoms with van der Waals surface area (Å²) in [4.78, 5) is 17.1. The van der Waals surface area contributed by atoms with Crippen molar-refractivity contribution in [1.29, 1.82) is 0 Å². The summed E-state index contributed by atoms with van der Waals surface area (Å²) in [5, 5.41) is 2.36. The Morgan fingerprint density at radius 3 is 3.00 bits per heavy atom. The van der Waals surface area contributed by atoms with Crippen molar-refractivity contribution in [2.75, 3.05) is 0 Å². The zero-order valence-corrected chi connectivity index (χ0v) is 11.5. The van der Waals surface area contributed by atoms with Crippen LogP contribution in [0, 0.1) is 0 Å². The highest BCUT2D eigenvalue weighted by Crippen LogP contribution is 2.17. The number of benzene rings is 1. The predicted molar refractivity (Wildman–Crippen MR) is 76.1 cm³/mol. The normalized spacial score (nSPS) is 11.2. The first-order valence-corrected chi connectivity index (χ1v) is 6.98. The van der Waals surface area contributed by atoms with Gasteiger partial charge in [0.2, 0.25) is 0 Å². The zero-order valence-electron chi connectivity index (χ0n) is 10.7. The monoisotopic (exact) mass is 308 g/mol. The molecule has 0 aliphatic rings. The molecule has 0 N–H and O–H groups in total. The predicted octanol–water partition coefficient (Wildman–Crippen LogP) is 3.11. The number of thiophene rings is 1. The van der Waals surface area contributed by atoms with Crippen molar-refractivity contribution in [2.24, 2.45) is 0 Å². The number of alkyl halides is 2. The lowest BCUT2D eigenvalue weighted by molar-refractivity contribution is -0.0498. The molecule has 4 nitrogen and oxygen atoms in total. The highest BCUT2D eigenvalue weighted by Gasteiger charge is 2.08. The second-order valence-electron chi connectivity index (χ2n) is 4.34. The third-order valence-corrected chi connectivity index (χ3v) is 3.75. The van der Waals surface area contributed by atoms with E-state index in [0.29, 0.717) is 15.8 Å². The van der Waals surface area contributed by atoms with Gasteiger partial charge >= 0.3 is 6.61 Å². The Hall–Kier alpha value is -2.28. The maximum absolute atomic E-state index is 12.2. The van der Waals surface area contributed by atoms with Gasteiger partial charge in [-0.3, -0.25) is 9.36 Å². The molecule has 0 saturated carbocycles. The number of hydrogen-bond donors (Lipinski definition) is 0. The molecule has 3 aromatic rings. The standard InChI is InChI=1S/C14H10F2N2O2S/c15-14(16)20-10-3-1-2-9(6-10)7-18-8-17-12-11(13(18)19)4-5-21-12/h1-6,8,14H,7H2. The van der Waals surface area contributed by atoms with E-state index in [1.54, 1.807) is 23.6 Å². The van der Waals surface area contributed by atoms with Gasteiger partial charge in [0.25, 0.3) is 5.56 Å². The molecule has 0 atom stereocenters. The molecule has 108 valence electrons. The van der Waals surface area contributed by atoms with Gasteiger partial charge in [-0.25, -0.2) is 4.98 Å². The lowest BCUT2D eigenvalue weighted by Crippen LogP contribution is -2.20. The minimum Gasteiger partial charge on any atom is -0.435 e. The number of nitrogens with zero attached hydrogens (tertiary/aromatic N) is 2. The maximum atomic E-state index is 12.2. The van der Waals surface area contributed by atoms with Gasteiger partial charge in [-0.05, 0) is 29.1 Å². The average molecular weight is 308 g/mol. The SMILES string of the molecule is O=c1c2ccsc2ncn1Cc1cccc(OC(F)F)c1. The van der Waals surface area contributed by atoms with Gasteiger partial charge in [0.1, 0.15) is 10.6 Å². The highest BCUT2D eigenvalue weighted by atomic mass is 32.1. The summed E-state index contributed by atoms with van der Waals surface area (Å²) in [5.74, 6) is 0.0696. The van der Waals surface area contributed by atoms with E-state index in [4.69, 9.17) is 0 Å². The van der Waals surface area contributed by atoms with Gasteiger partial charge in [-0.1, -0.05) is 12.1 Å². The van der Waals surface area contributed by atoms with Crippen molar-refractivity contribution >= 4 is 21.6 Å². The largest absolute Gasteiger partial charge is 0.435 e. The third-order valence-electron chi connectivity index (χ3n) is 2.93. The van der Waals surface area contributed by atoms with Crippen molar-refractivity contribution in [3.05, 3.63) is 58.0 Å². The van der Waals surface area contributed by atoms with Crippen molar-refractivity contribution in [3.8, 4) is 5.75 Å². The van der Waals surface area contributed by atoms with Crippen molar-refractivity contribution in [3.63, 3.8) is 0 Å². The molecule has 0 bridgehead atoms. The number of halogens is 2. The maximum Gasteiger partial charge on any atom is 0.387 e. The Bertz CT molecular complexity index is 829. The summed E-state index contributed by atoms with van der Waals surface area (Å²) in [6, 6.07) is 7.99. The zero-order chi connectivity index (χ0) is 14.8. The minimum absolute atomic E-state index is 0.0696. The highest BCUT2D eigenvalue weighted by molar-refractivity contribution is 7.16. The Kier molecular flexibility index (Phi) is 3.66. The van der Waals surface area contributed by atoms with E-state index in [1.165, 1.54) is 34.4 Å². The number of ether oxygens (including phenoxy) is 1. The number of aromatic nitrogens is 2. The molecule has 0 saturated heterocycles. The van der Waals surface area contributed by atoms with E-state index in [9.17, 15) is 13.6 Å². The lowest BCUT2D eigenvalue weighted by Gasteiger charge is -2.08. The summed E-state index contributed by atoms with van der Waals surface area (Å²) in [6.45, 7) is -2.62. The van der Waals surface area contributed by atoms with Gasteiger partial charge < -0.3 is 4.74 Å². The van der Waals surface area contributed by atoms with Crippen molar-refractivity contribution in [2.45, 2.75) is 13.2 Å². The molecule has 0 spiro atoms. The molecule has 0 amide bonds. The topological polar surface area (TPSA) is 44.1 Å². The van der Waals surface area contributed by atoms with Crippen LogP contribution in [0.2, 0.25) is 0 Å². The van der Waals surface area contributed by atoms with E-state index in [0.717, 1.165) is 0 Å². The third kappa shape index (κ3) is 2.92. The van der Waals surface area contributed by atoms with Crippen LogP contribution >= 0.6 is 11.3 Å². The molecule has 2 aromatic heterocycles. The van der Waals surface area contributed by atoms with Gasteiger partial charge in [0.15, 0.2) is 0 Å². The van der Waals surface area contributed by atoms with E-state index in [-0.39, 0.29) is 17.9 Å². The first-order chi connectivity index (χ1) is 10.1. The lowest BCUT2D eigenvalue weighted by atomic mass is 10.2. The molecule has 0 radical (unpaired) electrons. The second kappa shape index (κ2) is 5.61. The van der Waals surface area contributed by atoms with Crippen LogP contribution in [0.15, 0.2) is 46.8 Å². The van der Waals surface area contributed by atoms with E-state index < -0.39 is 6.61 Å². The van der Waals surface area contributed by atoms with Crippen LogP contribution < -0.4 is 10.3 Å². The fourth-order valence-electron chi connectivity index (χ4n) is 2.02. The van der Waals surface area contributed by atoms with Gasteiger partial charge in [-0.2, -0.15) is 8.78 Å². The summed E-state index contributed by atoms with van der Waals surface area (Å²) >= 11 is 1.40. The number of rotatable bonds is 4. The summed E-state index contributed by atoms with van der Waals surface area (Å²) in [5.41, 5.74) is 0.535. The Morgan fingerprint density at radius 1 is 1.33 bits per heavy atom. The van der Waals surface area contributed by atoms with E-state index in [2.05, 4.69) is 9.72 Å². The first-order valence-electron chi connectivity index (χ1n) is 6.10. The van der Waals surface area contributed by atoms with E-state index >= 15 is 0 Å². The number of fused-ring (bicyclic) bond motifs is 1. The fourth-order valence-corrected chi connectivity index (χ4v) is 2.75. The van der Waals surface area contributed by atoms with E-state index in [1.807, 2.05) is 0 Å². The average Bonchev–Trinajstić information content (AvgIpc) is 2.91. The molecular formula is C14H10F2N2O2S. The van der Waals surface area contributed by atoms with Crippen LogP contribution in [0.3, 0.4) is 0 Å². The van der Waals surface area contributed by atoms with Crippen LogP contribution in [0.4, 0.5) is 8.78 Å². The van der Waals surface area contributed by atoms with Gasteiger partial charge in [0, 0.05) is 0 Å². The van der Waals surface area contributed by atoms with Crippen molar-refractivity contribution < 1.29 is 13.5 Å². The van der Waals surface area contributed by atoms with Crippen LogP contribution in [-0.2, 0) is 6.54 Å². The fraction of sp³-hybridized carbons (Fsp3) is 0.143. The molecule has 3 rings (SSSR count). The summed E-state index contributed by atoms with van der Waals surface area (Å²) in [7, 11) is 0. The molecule has 7 heteroatoms. The molecule has 0 fully saturated rings. The molecule has 0 unspecified atom stereocenters. The van der Waals surface area contributed by atoms with Gasteiger partial charge in [-0.15, -0.1) is 11.3 Å². The minimum atomic E-state index is -2.87. The summed E-state index contributed by atoms with van der Waals surface area (Å²) < 4.78 is 30.2. The smallest absolute Gasteiger partial charge is 0.387 e. The molecule has 1 aromatic carbocycles. The first kappa shape index (κ1) is 13.7. The Morgan fingerprint density at radius 2 is 2.19 bits per heavy atom. The quantitative estimate of drug-likeness (QED) is 0.744. The second-order valence-corrected chi connectivity index (χ2v) is 5.24.